The molecule has 110 valence electrons. The summed E-state index contributed by atoms with van der Waals surface area (Å²) in [4.78, 5) is 11.9. The lowest BCUT2D eigenvalue weighted by molar-refractivity contribution is 0.241. The number of amides is 2. The molecule has 7 heteroatoms. The van der Waals surface area contributed by atoms with Gasteiger partial charge in [-0.1, -0.05) is 25.1 Å². The van der Waals surface area contributed by atoms with E-state index in [1.54, 1.807) is 6.07 Å². The van der Waals surface area contributed by atoms with Crippen LogP contribution in [0.2, 0.25) is 0 Å². The van der Waals surface area contributed by atoms with Crippen LogP contribution in [0.15, 0.2) is 29.4 Å². The average Bonchev–Trinajstić information content (AvgIpc) is 2.44. The zero-order valence-electron chi connectivity index (χ0n) is 11.5. The van der Waals surface area contributed by atoms with Crippen molar-refractivity contribution in [2.24, 2.45) is 10.9 Å². The van der Waals surface area contributed by atoms with Gasteiger partial charge in [0.05, 0.1) is 0 Å². The van der Waals surface area contributed by atoms with Crippen molar-refractivity contribution in [2.75, 3.05) is 5.32 Å². The lowest BCUT2D eigenvalue weighted by atomic mass is 9.91. The van der Waals surface area contributed by atoms with Crippen LogP contribution in [0, 0.1) is 5.82 Å². The molecule has 0 aliphatic rings. The van der Waals surface area contributed by atoms with Gasteiger partial charge in [0, 0.05) is 5.69 Å². The maximum atomic E-state index is 13.0. The molecule has 0 saturated heterocycles. The summed E-state index contributed by atoms with van der Waals surface area (Å²) in [5.41, 5.74) is 5.02. The van der Waals surface area contributed by atoms with E-state index in [2.05, 4.69) is 15.8 Å². The molecule has 0 unspecified atom stereocenters. The minimum absolute atomic E-state index is 0.0723. The van der Waals surface area contributed by atoms with Crippen molar-refractivity contribution in [2.45, 2.75) is 32.2 Å². The largest absolute Gasteiger partial charge is 0.409 e. The van der Waals surface area contributed by atoms with Gasteiger partial charge in [0.25, 0.3) is 0 Å². The number of oxime groups is 1. The van der Waals surface area contributed by atoms with E-state index >= 15 is 0 Å². The SMILES string of the molecule is CCC(CC)(NC(=O)Nc1cccc(F)c1)/C(N)=N/O. The van der Waals surface area contributed by atoms with E-state index in [0.717, 1.165) is 0 Å². The summed E-state index contributed by atoms with van der Waals surface area (Å²) in [5, 5.41) is 16.9. The molecule has 0 heterocycles. The van der Waals surface area contributed by atoms with Gasteiger partial charge in [-0.2, -0.15) is 0 Å². The smallest absolute Gasteiger partial charge is 0.320 e. The number of rotatable bonds is 5. The van der Waals surface area contributed by atoms with Crippen molar-refractivity contribution < 1.29 is 14.4 Å². The molecule has 0 atom stereocenters. The first-order valence-corrected chi connectivity index (χ1v) is 6.30. The number of nitrogens with one attached hydrogen (secondary N) is 2. The molecule has 5 N–H and O–H groups in total. The lowest BCUT2D eigenvalue weighted by Gasteiger charge is -2.31. The predicted octanol–water partition coefficient (Wildman–Crippen LogP) is 2.25. The number of benzene rings is 1. The van der Waals surface area contributed by atoms with Gasteiger partial charge < -0.3 is 21.6 Å². The van der Waals surface area contributed by atoms with Gasteiger partial charge in [-0.05, 0) is 31.0 Å². The molecule has 0 fully saturated rings. The summed E-state index contributed by atoms with van der Waals surface area (Å²) in [5.74, 6) is -0.520. The topological polar surface area (TPSA) is 99.7 Å². The van der Waals surface area contributed by atoms with E-state index in [4.69, 9.17) is 10.9 Å². The summed E-state index contributed by atoms with van der Waals surface area (Å²) >= 11 is 0. The van der Waals surface area contributed by atoms with E-state index in [1.165, 1.54) is 18.2 Å². The Bertz CT molecular complexity index is 501. The van der Waals surface area contributed by atoms with E-state index in [-0.39, 0.29) is 5.84 Å². The zero-order chi connectivity index (χ0) is 15.2. The fourth-order valence-electron chi connectivity index (χ4n) is 1.89. The first-order chi connectivity index (χ1) is 9.47. The predicted molar refractivity (Wildman–Crippen MR) is 75.3 cm³/mol. The Hall–Kier alpha value is -2.31. The second kappa shape index (κ2) is 6.74. The number of nitrogens with zero attached hydrogens (tertiary/aromatic N) is 1. The molecule has 1 rings (SSSR count). The van der Waals surface area contributed by atoms with Gasteiger partial charge in [-0.15, -0.1) is 0 Å². The third-order valence-corrected chi connectivity index (χ3v) is 3.24. The molecule has 0 aliphatic carbocycles. The highest BCUT2D eigenvalue weighted by atomic mass is 19.1. The maximum Gasteiger partial charge on any atom is 0.320 e. The standard InChI is InChI=1S/C13H19FN4O2/c1-3-13(4-2,11(15)18-20)17-12(19)16-10-7-5-6-9(14)8-10/h5-8,20H,3-4H2,1-2H3,(H2,15,18)(H2,16,17,19). The van der Waals surface area contributed by atoms with E-state index in [1.807, 2.05) is 13.8 Å². The number of nitrogens with two attached hydrogens (primary N) is 1. The molecule has 0 aliphatic heterocycles. The molecule has 0 spiro atoms. The van der Waals surface area contributed by atoms with Crippen LogP contribution in [0.1, 0.15) is 26.7 Å². The summed E-state index contributed by atoms with van der Waals surface area (Å²) in [7, 11) is 0. The monoisotopic (exact) mass is 282 g/mol. The van der Waals surface area contributed by atoms with Crippen LogP contribution >= 0.6 is 0 Å². The Morgan fingerprint density at radius 1 is 1.45 bits per heavy atom. The van der Waals surface area contributed by atoms with Crippen LogP contribution in [-0.4, -0.2) is 22.6 Å². The molecule has 0 radical (unpaired) electrons. The number of halogens is 1. The minimum Gasteiger partial charge on any atom is -0.409 e. The normalized spacial score (nSPS) is 12.1. The molecular formula is C13H19FN4O2. The molecule has 0 bridgehead atoms. The molecule has 0 aromatic heterocycles. The number of anilines is 1. The molecule has 0 saturated carbocycles. The highest BCUT2D eigenvalue weighted by Gasteiger charge is 2.33. The van der Waals surface area contributed by atoms with Crippen molar-refractivity contribution >= 4 is 17.6 Å². The van der Waals surface area contributed by atoms with Crippen molar-refractivity contribution in [1.82, 2.24) is 5.32 Å². The Balaban J connectivity index is 2.82. The number of hydrogen-bond acceptors (Lipinski definition) is 3. The van der Waals surface area contributed by atoms with Gasteiger partial charge in [0.1, 0.15) is 11.4 Å². The second-order valence-corrected chi connectivity index (χ2v) is 4.36. The van der Waals surface area contributed by atoms with Gasteiger partial charge in [-0.25, -0.2) is 9.18 Å². The first-order valence-electron chi connectivity index (χ1n) is 6.30. The molecule has 1 aromatic rings. The van der Waals surface area contributed by atoms with Crippen LogP contribution in [-0.2, 0) is 0 Å². The Labute approximate surface area is 116 Å². The molecule has 6 nitrogen and oxygen atoms in total. The van der Waals surface area contributed by atoms with Crippen molar-refractivity contribution in [3.63, 3.8) is 0 Å². The summed E-state index contributed by atoms with van der Waals surface area (Å²) in [6, 6.07) is 4.98. The molecule has 2 amide bonds. The third-order valence-electron chi connectivity index (χ3n) is 3.24. The zero-order valence-corrected chi connectivity index (χ0v) is 11.5. The Morgan fingerprint density at radius 3 is 2.60 bits per heavy atom. The number of amidine groups is 1. The van der Waals surface area contributed by atoms with Crippen LogP contribution in [0.4, 0.5) is 14.9 Å². The summed E-state index contributed by atoms with van der Waals surface area (Å²) < 4.78 is 13.0. The third kappa shape index (κ3) is 3.59. The fraction of sp³-hybridized carbons (Fsp3) is 0.385. The van der Waals surface area contributed by atoms with Crippen molar-refractivity contribution in [3.05, 3.63) is 30.1 Å². The van der Waals surface area contributed by atoms with E-state index < -0.39 is 17.4 Å². The number of carbonyl (C=O) groups is 1. The van der Waals surface area contributed by atoms with Crippen LogP contribution in [0.3, 0.4) is 0 Å². The van der Waals surface area contributed by atoms with Crippen LogP contribution in [0.25, 0.3) is 0 Å². The van der Waals surface area contributed by atoms with Crippen LogP contribution in [0.5, 0.6) is 0 Å². The molecule has 1 aromatic carbocycles. The Morgan fingerprint density at radius 2 is 2.10 bits per heavy atom. The van der Waals surface area contributed by atoms with Crippen molar-refractivity contribution in [1.29, 1.82) is 0 Å². The number of carbonyl (C=O) groups excluding carboxylic acids is 1. The van der Waals surface area contributed by atoms with E-state index in [9.17, 15) is 9.18 Å². The fourth-order valence-corrected chi connectivity index (χ4v) is 1.89. The highest BCUT2D eigenvalue weighted by molar-refractivity contribution is 5.97. The minimum atomic E-state index is -0.938. The van der Waals surface area contributed by atoms with Gasteiger partial charge >= 0.3 is 6.03 Å². The number of urea groups is 1. The van der Waals surface area contributed by atoms with Gasteiger partial charge in [-0.3, -0.25) is 0 Å². The molecular weight excluding hydrogens is 263 g/mol. The van der Waals surface area contributed by atoms with E-state index in [0.29, 0.717) is 18.5 Å². The first kappa shape index (κ1) is 15.7. The quantitative estimate of drug-likeness (QED) is 0.288. The van der Waals surface area contributed by atoms with Crippen LogP contribution < -0.4 is 16.4 Å². The van der Waals surface area contributed by atoms with Crippen molar-refractivity contribution in [3.8, 4) is 0 Å². The molecule has 20 heavy (non-hydrogen) atoms. The lowest BCUT2D eigenvalue weighted by Crippen LogP contribution is -2.57. The Kier molecular flexibility index (Phi) is 5.31. The highest BCUT2D eigenvalue weighted by Crippen LogP contribution is 2.16. The van der Waals surface area contributed by atoms with Gasteiger partial charge in [0.2, 0.25) is 0 Å². The summed E-state index contributed by atoms with van der Waals surface area (Å²) in [6.45, 7) is 3.62. The maximum absolute atomic E-state index is 13.0. The second-order valence-electron chi connectivity index (χ2n) is 4.36. The summed E-state index contributed by atoms with van der Waals surface area (Å²) in [6.07, 6.45) is 0.909. The number of hydrogen-bond donors (Lipinski definition) is 4. The average molecular weight is 282 g/mol. The van der Waals surface area contributed by atoms with Gasteiger partial charge in [0.15, 0.2) is 5.84 Å².